The number of halogens is 2. The molecule has 0 aliphatic heterocycles. The molecule has 0 amide bonds. The Morgan fingerprint density at radius 2 is 0.950 bits per heavy atom. The number of aromatic nitrogens is 4. The molecule has 16 nitrogen and oxygen atoms in total. The summed E-state index contributed by atoms with van der Waals surface area (Å²) < 4.78 is 84.1. The van der Waals surface area contributed by atoms with Gasteiger partial charge < -0.3 is 9.47 Å². The van der Waals surface area contributed by atoms with E-state index in [9.17, 15) is 36.9 Å². The largest absolute Gasteiger partial charge is 0.437 e. The first-order valence-electron chi connectivity index (χ1n) is 17.4. The predicted octanol–water partition coefficient (Wildman–Crippen LogP) is 6.97. The molecule has 2 unspecified atom stereocenters. The number of nitrogens with zero attached hydrogens (tertiary/aromatic N) is 6. The maximum atomic E-state index is 14.6. The van der Waals surface area contributed by atoms with E-state index in [-0.39, 0.29) is 32.3 Å². The van der Waals surface area contributed by atoms with E-state index < -0.39 is 64.2 Å². The molecule has 0 N–H and O–H groups in total. The highest BCUT2D eigenvalue weighted by molar-refractivity contribution is 7.87. The van der Waals surface area contributed by atoms with Crippen LogP contribution in [0.1, 0.15) is 27.7 Å². The van der Waals surface area contributed by atoms with Crippen molar-refractivity contribution in [1.29, 1.82) is 10.5 Å². The summed E-state index contributed by atoms with van der Waals surface area (Å²) in [4.78, 5) is 35.4. The van der Waals surface area contributed by atoms with Gasteiger partial charge in [0, 0.05) is 45.6 Å². The summed E-state index contributed by atoms with van der Waals surface area (Å²) in [6.07, 6.45) is 6.93. The third-order valence-corrected chi connectivity index (χ3v) is 12.1. The van der Waals surface area contributed by atoms with Crippen LogP contribution in [0.4, 0.5) is 0 Å². The molecule has 0 aliphatic rings. The van der Waals surface area contributed by atoms with E-state index in [0.29, 0.717) is 0 Å². The maximum Gasteiger partial charge on any atom is 0.379 e. The molecule has 2 heterocycles. The number of rotatable bonds is 16. The minimum atomic E-state index is -5.23. The van der Waals surface area contributed by atoms with Crippen LogP contribution in [0.2, 0.25) is 10.0 Å². The first-order chi connectivity index (χ1) is 28.2. The molecule has 0 aliphatic carbocycles. The normalized spacial score (nSPS) is 14.3. The van der Waals surface area contributed by atoms with Crippen molar-refractivity contribution in [2.24, 2.45) is 10.8 Å². The first-order valence-corrected chi connectivity index (χ1v) is 21.0. The van der Waals surface area contributed by atoms with Gasteiger partial charge in [0.05, 0.1) is 12.1 Å². The molecule has 0 saturated carbocycles. The number of benzene rings is 4. The number of hydrogen-bond acceptors (Lipinski definition) is 14. The highest BCUT2D eigenvalue weighted by atomic mass is 35.5. The van der Waals surface area contributed by atoms with Crippen molar-refractivity contribution in [3.8, 4) is 23.6 Å². The number of imidazole rings is 2. The summed E-state index contributed by atoms with van der Waals surface area (Å²) in [5, 5.41) is 20.1. The lowest BCUT2D eigenvalue weighted by Crippen LogP contribution is -2.55. The van der Waals surface area contributed by atoms with Gasteiger partial charge in [-0.05, 0) is 88.4 Å². The topological polar surface area (TPSA) is 223 Å². The van der Waals surface area contributed by atoms with Crippen molar-refractivity contribution in [2.45, 2.75) is 49.3 Å². The Hall–Kier alpha value is -6.12. The third kappa shape index (κ3) is 8.21. The van der Waals surface area contributed by atoms with E-state index in [1.54, 1.807) is 0 Å². The van der Waals surface area contributed by atoms with Gasteiger partial charge in [-0.25, -0.2) is 9.97 Å². The van der Waals surface area contributed by atoms with Crippen molar-refractivity contribution in [3.05, 3.63) is 132 Å². The Labute approximate surface area is 354 Å². The average Bonchev–Trinajstić information content (AvgIpc) is 3.98. The molecule has 0 bridgehead atoms. The van der Waals surface area contributed by atoms with Crippen LogP contribution < -0.4 is 9.47 Å². The fourth-order valence-corrected chi connectivity index (χ4v) is 8.59. The van der Waals surface area contributed by atoms with Gasteiger partial charge >= 0.3 is 32.1 Å². The van der Waals surface area contributed by atoms with Crippen LogP contribution in [0.3, 0.4) is 0 Å². The number of carbonyl (C=O) groups is 2. The Balaban J connectivity index is 1.52. The zero-order valence-electron chi connectivity index (χ0n) is 31.9. The van der Waals surface area contributed by atoms with Crippen molar-refractivity contribution in [1.82, 2.24) is 19.1 Å². The molecule has 6 aromatic rings. The molecule has 0 fully saturated rings. The fourth-order valence-electron chi connectivity index (χ4n) is 5.79. The molecular formula is C40H32Cl2N6O10S2. The maximum absolute atomic E-state index is 14.6. The summed E-state index contributed by atoms with van der Waals surface area (Å²) in [5.41, 5.74) is -3.87. The highest BCUT2D eigenvalue weighted by Gasteiger charge is 2.57. The Kier molecular flexibility index (Phi) is 11.7. The highest BCUT2D eigenvalue weighted by Crippen LogP contribution is 2.41. The lowest BCUT2D eigenvalue weighted by Gasteiger charge is -2.35. The van der Waals surface area contributed by atoms with Crippen molar-refractivity contribution < 1.29 is 44.3 Å². The van der Waals surface area contributed by atoms with Gasteiger partial charge in [-0.1, -0.05) is 47.5 Å². The zero-order valence-corrected chi connectivity index (χ0v) is 35.0. The molecular weight excluding hydrogens is 860 g/mol. The lowest BCUT2D eigenvalue weighted by atomic mass is 9.87. The Morgan fingerprint density at radius 3 is 1.25 bits per heavy atom. The van der Waals surface area contributed by atoms with Crippen molar-refractivity contribution in [2.75, 3.05) is 0 Å². The van der Waals surface area contributed by atoms with Crippen LogP contribution in [0.25, 0.3) is 10.8 Å². The average molecular weight is 892 g/mol. The lowest BCUT2D eigenvalue weighted by molar-refractivity contribution is -0.198. The van der Waals surface area contributed by atoms with E-state index in [1.165, 1.54) is 125 Å². The number of carbonyl (C=O) groups excluding carboxylic acids is 2. The quantitative estimate of drug-likeness (QED) is 0.0708. The van der Waals surface area contributed by atoms with Gasteiger partial charge in [-0.15, -0.1) is 0 Å². The van der Waals surface area contributed by atoms with Gasteiger partial charge in [-0.3, -0.25) is 18.7 Å². The summed E-state index contributed by atoms with van der Waals surface area (Å²) >= 11 is 12.1. The number of hydrogen-bond donors (Lipinski definition) is 0. The van der Waals surface area contributed by atoms with Crippen LogP contribution in [0, 0.1) is 33.5 Å². The monoisotopic (exact) mass is 890 g/mol. The first kappa shape index (κ1) is 43.5. The van der Waals surface area contributed by atoms with Crippen molar-refractivity contribution in [3.63, 3.8) is 0 Å². The second-order valence-corrected chi connectivity index (χ2v) is 17.9. The smallest absolute Gasteiger partial charge is 0.379 e. The van der Waals surface area contributed by atoms with E-state index in [4.69, 9.17) is 41.0 Å². The van der Waals surface area contributed by atoms with Gasteiger partial charge in [-0.2, -0.15) is 35.7 Å². The second-order valence-electron chi connectivity index (χ2n) is 14.0. The van der Waals surface area contributed by atoms with Crippen LogP contribution in [-0.4, -0.2) is 47.5 Å². The standard InChI is InChI=1S/C40H32Cl2N6O10S2/c1-37(2,23-43)35(49)39(47-21-19-45-25-47,55-29-15-11-27(41)12-16-29)57-59(51,52)33-9-5-8-32-31(33)7-6-10-34(32)60(53,54)58-40(48-22-20-46-26-48,36(50)38(3,4)24-44)56-30-17-13-28(42)14-18-30/h5-22,25-26H,1-4H3. The van der Waals surface area contributed by atoms with Crippen LogP contribution in [0.5, 0.6) is 11.5 Å². The molecule has 0 radical (unpaired) electrons. The second kappa shape index (κ2) is 16.1. The minimum absolute atomic E-state index is 0.0924. The van der Waals surface area contributed by atoms with Crippen LogP contribution in [0.15, 0.2) is 132 Å². The van der Waals surface area contributed by atoms with E-state index in [2.05, 4.69) is 9.97 Å². The van der Waals surface area contributed by atoms with Gasteiger partial charge in [0.25, 0.3) is 0 Å². The van der Waals surface area contributed by atoms with Gasteiger partial charge in [0.2, 0.25) is 11.6 Å². The molecule has 4 aromatic carbocycles. The number of nitriles is 2. The summed E-state index contributed by atoms with van der Waals surface area (Å²) in [7, 11) is -10.5. The molecule has 20 heteroatoms. The summed E-state index contributed by atoms with van der Waals surface area (Å²) in [6, 6.07) is 21.8. The molecule has 308 valence electrons. The SMILES string of the molecule is CC(C)(C#N)C(=O)C(Oc1ccc(Cl)cc1)(OS(=O)(=O)c1cccc2c(S(=O)(=O)OC(Oc3ccc(Cl)cc3)(C(=O)C(C)(C)C#N)n3ccnc3)cccc12)n1ccnc1. The Bertz CT molecular complexity index is 2700. The van der Waals surface area contributed by atoms with E-state index in [0.717, 1.165) is 33.9 Å². The number of Topliss-reactive ketones (excluding diaryl/α,β-unsaturated/α-hetero) is 2. The fraction of sp³-hybridized carbons (Fsp3) is 0.200. The number of fused-ring (bicyclic) bond motifs is 1. The molecule has 2 aromatic heterocycles. The molecule has 0 spiro atoms. The molecule has 6 rings (SSSR count). The van der Waals surface area contributed by atoms with Crippen LogP contribution >= 0.6 is 23.2 Å². The molecule has 2 atom stereocenters. The predicted molar refractivity (Wildman–Crippen MR) is 214 cm³/mol. The summed E-state index contributed by atoms with van der Waals surface area (Å²) in [6.45, 7) is 4.95. The molecule has 0 saturated heterocycles. The zero-order chi connectivity index (χ0) is 43.7. The summed E-state index contributed by atoms with van der Waals surface area (Å²) in [5.74, 6) is -8.40. The molecule has 60 heavy (non-hydrogen) atoms. The number of ketones is 2. The van der Waals surface area contributed by atoms with E-state index >= 15 is 0 Å². The third-order valence-electron chi connectivity index (χ3n) is 8.92. The minimum Gasteiger partial charge on any atom is -0.437 e. The van der Waals surface area contributed by atoms with E-state index in [1.807, 2.05) is 12.1 Å². The Morgan fingerprint density at radius 1 is 0.600 bits per heavy atom. The van der Waals surface area contributed by atoms with Crippen LogP contribution in [-0.2, 0) is 50.0 Å². The van der Waals surface area contributed by atoms with Crippen molar-refractivity contribution >= 4 is 65.8 Å². The van der Waals surface area contributed by atoms with Gasteiger partial charge in [0.1, 0.15) is 44.8 Å². The van der Waals surface area contributed by atoms with Gasteiger partial charge in [0.15, 0.2) is 0 Å². The number of ether oxygens (including phenoxy) is 2.